The quantitative estimate of drug-likeness (QED) is 0.485. The molecule has 2 aromatic rings. The zero-order valence-electron chi connectivity index (χ0n) is 10.2. The minimum absolute atomic E-state index is 0.127. The molecule has 2 rings (SSSR count). The molecule has 0 aromatic heterocycles. The first-order valence-corrected chi connectivity index (χ1v) is 9.16. The zero-order valence-corrected chi connectivity index (χ0v) is 15.5. The first-order chi connectivity index (χ1) is 9.70. The molecule has 0 aliphatic rings. The second-order valence-electron chi connectivity index (χ2n) is 4.03. The van der Waals surface area contributed by atoms with Gasteiger partial charge in [-0.1, -0.05) is 11.6 Å². The van der Waals surface area contributed by atoms with E-state index in [0.717, 1.165) is 12.1 Å². The fourth-order valence-corrected chi connectivity index (χ4v) is 4.20. The van der Waals surface area contributed by atoms with Crippen molar-refractivity contribution in [3.8, 4) is 0 Å². The van der Waals surface area contributed by atoms with E-state index in [1.54, 1.807) is 6.07 Å². The summed E-state index contributed by atoms with van der Waals surface area (Å²) in [7, 11) is -4.09. The van der Waals surface area contributed by atoms with Gasteiger partial charge in [-0.3, -0.25) is 4.72 Å². The van der Waals surface area contributed by atoms with Gasteiger partial charge in [0, 0.05) is 18.8 Å². The van der Waals surface area contributed by atoms with E-state index in [1.165, 1.54) is 12.1 Å². The maximum atomic E-state index is 13.9. The first-order valence-electron chi connectivity index (χ1n) is 5.43. The standard InChI is InChI=1S/C12H8BrClFIN2O2S/c13-7-4-8(15)12(5-10(7)17)21(19,20)18-11-2-1-6(14)3-9(11)16/h1-5,18H,17H2. The number of hydrogen-bond donors (Lipinski definition) is 2. The van der Waals surface area contributed by atoms with E-state index < -0.39 is 20.7 Å². The van der Waals surface area contributed by atoms with Crippen LogP contribution in [0.1, 0.15) is 0 Å². The average Bonchev–Trinajstić information content (AvgIpc) is 2.37. The Morgan fingerprint density at radius 3 is 2.57 bits per heavy atom. The van der Waals surface area contributed by atoms with Gasteiger partial charge in [0.1, 0.15) is 10.7 Å². The molecule has 2 aromatic carbocycles. The van der Waals surface area contributed by atoms with Crippen LogP contribution in [0.25, 0.3) is 0 Å². The summed E-state index contributed by atoms with van der Waals surface area (Å²) in [6, 6.07) is 6.70. The Labute approximate surface area is 148 Å². The van der Waals surface area contributed by atoms with Crippen molar-refractivity contribution in [3.63, 3.8) is 0 Å². The van der Waals surface area contributed by atoms with Crippen molar-refractivity contribution in [3.05, 3.63) is 49.2 Å². The molecule has 0 heterocycles. The lowest BCUT2D eigenvalue weighted by Crippen LogP contribution is -2.16. The highest BCUT2D eigenvalue weighted by molar-refractivity contribution is 14.1. The van der Waals surface area contributed by atoms with Crippen molar-refractivity contribution in [2.45, 2.75) is 4.90 Å². The molecule has 0 amide bonds. The summed E-state index contributed by atoms with van der Waals surface area (Å²) in [5.74, 6) is -0.896. The summed E-state index contributed by atoms with van der Waals surface area (Å²) in [5.41, 5.74) is 6.04. The van der Waals surface area contributed by atoms with Gasteiger partial charge in [0.15, 0.2) is 0 Å². The molecular weight excluding hydrogens is 497 g/mol. The van der Waals surface area contributed by atoms with Crippen LogP contribution in [-0.2, 0) is 10.0 Å². The van der Waals surface area contributed by atoms with Crippen LogP contribution >= 0.6 is 50.1 Å². The number of nitrogen functional groups attached to an aromatic ring is 1. The van der Waals surface area contributed by atoms with Gasteiger partial charge < -0.3 is 5.73 Å². The van der Waals surface area contributed by atoms with Gasteiger partial charge >= 0.3 is 0 Å². The largest absolute Gasteiger partial charge is 0.398 e. The molecule has 0 aliphatic heterocycles. The summed E-state index contributed by atoms with van der Waals surface area (Å²) in [6.45, 7) is 0. The summed E-state index contributed by atoms with van der Waals surface area (Å²) >= 11 is 10.8. The smallest absolute Gasteiger partial charge is 0.264 e. The highest BCUT2D eigenvalue weighted by atomic mass is 127. The number of nitrogens with two attached hydrogens (primary N) is 1. The molecule has 0 fully saturated rings. The van der Waals surface area contributed by atoms with E-state index in [2.05, 4.69) is 20.7 Å². The van der Waals surface area contributed by atoms with Crippen LogP contribution < -0.4 is 10.5 Å². The second-order valence-corrected chi connectivity index (χ2v) is 8.14. The van der Waals surface area contributed by atoms with Gasteiger partial charge in [0.25, 0.3) is 10.0 Å². The van der Waals surface area contributed by atoms with Gasteiger partial charge in [0.05, 0.1) is 5.69 Å². The number of anilines is 2. The van der Waals surface area contributed by atoms with Gasteiger partial charge in [-0.15, -0.1) is 0 Å². The minimum Gasteiger partial charge on any atom is -0.398 e. The topological polar surface area (TPSA) is 72.2 Å². The Morgan fingerprint density at radius 1 is 1.29 bits per heavy atom. The SMILES string of the molecule is Nc1cc(S(=O)(=O)Nc2ccc(Cl)cc2I)c(F)cc1Br. The molecule has 0 atom stereocenters. The molecule has 112 valence electrons. The molecule has 0 spiro atoms. The lowest BCUT2D eigenvalue weighted by molar-refractivity contribution is 0.570. The van der Waals surface area contributed by atoms with Crippen LogP contribution in [0.5, 0.6) is 0 Å². The monoisotopic (exact) mass is 504 g/mol. The van der Waals surface area contributed by atoms with Gasteiger partial charge in [-0.2, -0.15) is 0 Å². The minimum atomic E-state index is -4.09. The van der Waals surface area contributed by atoms with Crippen LogP contribution in [-0.4, -0.2) is 8.42 Å². The van der Waals surface area contributed by atoms with Gasteiger partial charge in [0.2, 0.25) is 0 Å². The Morgan fingerprint density at radius 2 is 1.95 bits per heavy atom. The molecule has 0 bridgehead atoms. The molecule has 21 heavy (non-hydrogen) atoms. The van der Waals surface area contributed by atoms with E-state index in [0.29, 0.717) is 18.8 Å². The number of rotatable bonds is 3. The van der Waals surface area contributed by atoms with E-state index in [1.807, 2.05) is 22.6 Å². The number of nitrogens with one attached hydrogen (secondary N) is 1. The predicted molar refractivity (Wildman–Crippen MR) is 93.5 cm³/mol. The third-order valence-electron chi connectivity index (χ3n) is 2.52. The van der Waals surface area contributed by atoms with Crippen LogP contribution in [0.2, 0.25) is 5.02 Å². The summed E-state index contributed by atoms with van der Waals surface area (Å²) in [5, 5.41) is 0.474. The molecule has 0 radical (unpaired) electrons. The molecule has 0 saturated carbocycles. The Balaban J connectivity index is 2.46. The highest BCUT2D eigenvalue weighted by Gasteiger charge is 2.21. The lowest BCUT2D eigenvalue weighted by Gasteiger charge is -2.12. The molecular formula is C12H8BrClFIN2O2S. The summed E-state index contributed by atoms with van der Waals surface area (Å²) in [6.07, 6.45) is 0. The fraction of sp³-hybridized carbons (Fsp3) is 0. The van der Waals surface area contributed by atoms with Crippen LogP contribution in [0.3, 0.4) is 0 Å². The number of benzene rings is 2. The first kappa shape index (κ1) is 16.8. The number of halogens is 4. The Bertz CT molecular complexity index is 817. The van der Waals surface area contributed by atoms with E-state index in [-0.39, 0.29) is 5.69 Å². The van der Waals surface area contributed by atoms with Crippen molar-refractivity contribution in [2.24, 2.45) is 0 Å². The van der Waals surface area contributed by atoms with Gasteiger partial charge in [-0.05, 0) is 68.9 Å². The average molecular weight is 506 g/mol. The van der Waals surface area contributed by atoms with Crippen molar-refractivity contribution < 1.29 is 12.8 Å². The summed E-state index contributed by atoms with van der Waals surface area (Å²) in [4.78, 5) is -0.519. The third kappa shape index (κ3) is 3.79. The summed E-state index contributed by atoms with van der Waals surface area (Å²) < 4.78 is 41.6. The normalized spacial score (nSPS) is 11.4. The van der Waals surface area contributed by atoms with E-state index in [4.69, 9.17) is 17.3 Å². The van der Waals surface area contributed by atoms with Crippen molar-refractivity contribution in [1.82, 2.24) is 0 Å². The number of hydrogen-bond acceptors (Lipinski definition) is 3. The second kappa shape index (κ2) is 6.27. The highest BCUT2D eigenvalue weighted by Crippen LogP contribution is 2.29. The molecule has 3 N–H and O–H groups in total. The van der Waals surface area contributed by atoms with Crippen molar-refractivity contribution in [2.75, 3.05) is 10.5 Å². The molecule has 0 saturated heterocycles. The third-order valence-corrected chi connectivity index (χ3v) is 5.71. The maximum absolute atomic E-state index is 13.9. The van der Waals surface area contributed by atoms with E-state index in [9.17, 15) is 12.8 Å². The predicted octanol–water partition coefficient (Wildman–Crippen LogP) is 4.23. The zero-order chi connectivity index (χ0) is 15.8. The van der Waals surface area contributed by atoms with Crippen LogP contribution in [0.15, 0.2) is 39.7 Å². The molecule has 0 aliphatic carbocycles. The maximum Gasteiger partial charge on any atom is 0.264 e. The lowest BCUT2D eigenvalue weighted by atomic mass is 10.3. The van der Waals surface area contributed by atoms with Crippen molar-refractivity contribution in [1.29, 1.82) is 0 Å². The van der Waals surface area contributed by atoms with Crippen LogP contribution in [0, 0.1) is 9.39 Å². The molecule has 4 nitrogen and oxygen atoms in total. The van der Waals surface area contributed by atoms with E-state index >= 15 is 0 Å². The van der Waals surface area contributed by atoms with Crippen molar-refractivity contribution >= 4 is 71.5 Å². The van der Waals surface area contributed by atoms with Crippen LogP contribution in [0.4, 0.5) is 15.8 Å². The fourth-order valence-electron chi connectivity index (χ4n) is 1.52. The number of sulfonamides is 1. The van der Waals surface area contributed by atoms with Gasteiger partial charge in [-0.25, -0.2) is 12.8 Å². The molecule has 9 heteroatoms. The Hall–Kier alpha value is -0.580. The Kier molecular flexibility index (Phi) is 5.01. The molecule has 0 unspecified atom stereocenters.